The quantitative estimate of drug-likeness (QED) is 0.405. The minimum Gasteiger partial charge on any atom is -0.466 e. The molecule has 0 aromatic rings. The summed E-state index contributed by atoms with van der Waals surface area (Å²) in [5, 5.41) is 0. The van der Waals surface area contributed by atoms with Gasteiger partial charge < -0.3 is 9.53 Å². The highest BCUT2D eigenvalue weighted by atomic mass is 16.5. The van der Waals surface area contributed by atoms with Crippen molar-refractivity contribution in [2.45, 2.75) is 33.1 Å². The molecule has 0 fully saturated rings. The highest BCUT2D eigenvalue weighted by Crippen LogP contribution is 2.38. The molecule has 0 saturated heterocycles. The molecule has 0 N–H and O–H groups in total. The summed E-state index contributed by atoms with van der Waals surface area (Å²) < 4.78 is 4.91. The van der Waals surface area contributed by atoms with Crippen molar-refractivity contribution in [3.05, 3.63) is 12.2 Å². The summed E-state index contributed by atoms with van der Waals surface area (Å²) in [6.07, 6.45) is 7.02. The van der Waals surface area contributed by atoms with E-state index in [0.29, 0.717) is 13.0 Å². The van der Waals surface area contributed by atoms with Crippen LogP contribution in [0.4, 0.5) is 0 Å². The first-order valence-electron chi connectivity index (χ1n) is 5.41. The minimum absolute atomic E-state index is 0.0630. The largest absolute Gasteiger partial charge is 0.466 e. The van der Waals surface area contributed by atoms with Gasteiger partial charge in [-0.05, 0) is 19.8 Å². The van der Waals surface area contributed by atoms with Crippen molar-refractivity contribution in [2.24, 2.45) is 11.3 Å². The van der Waals surface area contributed by atoms with Crippen LogP contribution in [-0.4, -0.2) is 18.9 Å². The Kier molecular flexibility index (Phi) is 4.06. The van der Waals surface area contributed by atoms with Gasteiger partial charge in [0.15, 0.2) is 0 Å². The molecule has 0 aliphatic heterocycles. The first-order valence-corrected chi connectivity index (χ1v) is 5.41. The van der Waals surface area contributed by atoms with E-state index in [2.05, 4.69) is 0 Å². The molecule has 0 spiro atoms. The van der Waals surface area contributed by atoms with Gasteiger partial charge in [-0.3, -0.25) is 4.79 Å². The van der Waals surface area contributed by atoms with E-state index < -0.39 is 0 Å². The fourth-order valence-corrected chi connectivity index (χ4v) is 2.02. The van der Waals surface area contributed by atoms with Crippen LogP contribution in [-0.2, 0) is 14.3 Å². The van der Waals surface area contributed by atoms with Gasteiger partial charge in [0.1, 0.15) is 6.29 Å². The fraction of sp³-hybridized carbons (Fsp3) is 0.667. The zero-order chi connectivity index (χ0) is 11.3. The predicted octanol–water partition coefficient (Wildman–Crippen LogP) is 2.11. The van der Waals surface area contributed by atoms with Crippen molar-refractivity contribution in [3.63, 3.8) is 0 Å². The first kappa shape index (κ1) is 12.0. The Hall–Kier alpha value is -1.12. The molecule has 1 aliphatic rings. The van der Waals surface area contributed by atoms with Crippen LogP contribution in [0.1, 0.15) is 33.1 Å². The van der Waals surface area contributed by atoms with E-state index in [1.54, 1.807) is 6.92 Å². The second kappa shape index (κ2) is 5.10. The number of ether oxygens (including phenoxy) is 1. The summed E-state index contributed by atoms with van der Waals surface area (Å²) in [7, 11) is 0. The zero-order valence-corrected chi connectivity index (χ0v) is 9.36. The molecule has 84 valence electrons. The third-order valence-electron chi connectivity index (χ3n) is 2.98. The molecule has 0 amide bonds. The normalized spacial score (nSPS) is 29.9. The molecule has 0 aromatic heterocycles. The monoisotopic (exact) mass is 210 g/mol. The highest BCUT2D eigenvalue weighted by molar-refractivity contribution is 5.72. The van der Waals surface area contributed by atoms with E-state index in [0.717, 1.165) is 19.1 Å². The molecule has 0 radical (unpaired) electrons. The topological polar surface area (TPSA) is 43.4 Å². The molecule has 2 atom stereocenters. The molecule has 1 unspecified atom stereocenters. The standard InChI is InChI=1S/C12H18O3/c1-3-15-11(14)8-12(2)7-5-4-6-10(12)9-13/h5,7,9-10H,3-4,6,8H2,1-2H3/t10-,12?/m1/s1. The van der Waals surface area contributed by atoms with E-state index in [1.807, 2.05) is 19.1 Å². The number of esters is 1. The van der Waals surface area contributed by atoms with Gasteiger partial charge in [0.25, 0.3) is 0 Å². The maximum atomic E-state index is 11.4. The Morgan fingerprint density at radius 1 is 1.67 bits per heavy atom. The first-order chi connectivity index (χ1) is 7.12. The average molecular weight is 210 g/mol. The zero-order valence-electron chi connectivity index (χ0n) is 9.36. The lowest BCUT2D eigenvalue weighted by atomic mass is 9.70. The number of hydrogen-bond donors (Lipinski definition) is 0. The fourth-order valence-electron chi connectivity index (χ4n) is 2.02. The van der Waals surface area contributed by atoms with E-state index in [4.69, 9.17) is 4.74 Å². The van der Waals surface area contributed by atoms with Crippen LogP contribution < -0.4 is 0 Å². The molecule has 1 rings (SSSR count). The Labute approximate surface area is 90.5 Å². The second-order valence-corrected chi connectivity index (χ2v) is 4.21. The van der Waals surface area contributed by atoms with Gasteiger partial charge in [0.05, 0.1) is 13.0 Å². The summed E-state index contributed by atoms with van der Waals surface area (Å²) in [5.74, 6) is -0.287. The van der Waals surface area contributed by atoms with Crippen LogP contribution >= 0.6 is 0 Å². The maximum absolute atomic E-state index is 11.4. The molecule has 3 nitrogen and oxygen atoms in total. The lowest BCUT2D eigenvalue weighted by Gasteiger charge is -2.33. The van der Waals surface area contributed by atoms with Crippen LogP contribution in [0.3, 0.4) is 0 Å². The summed E-state index contributed by atoms with van der Waals surface area (Å²) in [6, 6.07) is 0. The Morgan fingerprint density at radius 3 is 3.00 bits per heavy atom. The van der Waals surface area contributed by atoms with E-state index in [-0.39, 0.29) is 17.3 Å². The number of hydrogen-bond acceptors (Lipinski definition) is 3. The van der Waals surface area contributed by atoms with Gasteiger partial charge in [-0.1, -0.05) is 19.1 Å². The molecule has 0 aromatic carbocycles. The van der Waals surface area contributed by atoms with Gasteiger partial charge in [-0.15, -0.1) is 0 Å². The smallest absolute Gasteiger partial charge is 0.306 e. The summed E-state index contributed by atoms with van der Waals surface area (Å²) >= 11 is 0. The molecule has 0 heterocycles. The minimum atomic E-state index is -0.355. The van der Waals surface area contributed by atoms with Crippen LogP contribution in [0.2, 0.25) is 0 Å². The highest BCUT2D eigenvalue weighted by Gasteiger charge is 2.35. The number of allylic oxidation sites excluding steroid dienone is 2. The molecular weight excluding hydrogens is 192 g/mol. The van der Waals surface area contributed by atoms with E-state index in [9.17, 15) is 9.59 Å². The van der Waals surface area contributed by atoms with Crippen molar-refractivity contribution in [1.29, 1.82) is 0 Å². The lowest BCUT2D eigenvalue weighted by molar-refractivity contribution is -0.146. The van der Waals surface area contributed by atoms with Gasteiger partial charge in [0.2, 0.25) is 0 Å². The van der Waals surface area contributed by atoms with E-state index >= 15 is 0 Å². The molecule has 15 heavy (non-hydrogen) atoms. The Balaban J connectivity index is 2.69. The maximum Gasteiger partial charge on any atom is 0.306 e. The van der Waals surface area contributed by atoms with Crippen LogP contribution in [0.15, 0.2) is 12.2 Å². The summed E-state index contributed by atoms with van der Waals surface area (Å²) in [6.45, 7) is 4.12. The van der Waals surface area contributed by atoms with Crippen LogP contribution in [0.25, 0.3) is 0 Å². The van der Waals surface area contributed by atoms with Crippen molar-refractivity contribution < 1.29 is 14.3 Å². The number of rotatable bonds is 4. The van der Waals surface area contributed by atoms with Crippen molar-refractivity contribution >= 4 is 12.3 Å². The van der Waals surface area contributed by atoms with Gasteiger partial charge in [-0.25, -0.2) is 0 Å². The second-order valence-electron chi connectivity index (χ2n) is 4.21. The van der Waals surface area contributed by atoms with Crippen molar-refractivity contribution in [3.8, 4) is 0 Å². The number of aldehydes is 1. The molecular formula is C12H18O3. The lowest BCUT2D eigenvalue weighted by Crippen LogP contribution is -2.32. The molecule has 0 bridgehead atoms. The van der Waals surface area contributed by atoms with Gasteiger partial charge in [0, 0.05) is 11.3 Å². The Morgan fingerprint density at radius 2 is 2.40 bits per heavy atom. The Bertz CT molecular complexity index is 270. The van der Waals surface area contributed by atoms with Gasteiger partial charge >= 0.3 is 5.97 Å². The van der Waals surface area contributed by atoms with Crippen molar-refractivity contribution in [1.82, 2.24) is 0 Å². The molecule has 1 aliphatic carbocycles. The van der Waals surface area contributed by atoms with Crippen LogP contribution in [0, 0.1) is 11.3 Å². The number of carbonyl (C=O) groups excluding carboxylic acids is 2. The SMILES string of the molecule is CCOC(=O)CC1(C)C=CCC[C@@H]1C=O. The van der Waals surface area contributed by atoms with Crippen molar-refractivity contribution in [2.75, 3.05) is 6.61 Å². The van der Waals surface area contributed by atoms with Crippen LogP contribution in [0.5, 0.6) is 0 Å². The molecule has 3 heteroatoms. The summed E-state index contributed by atoms with van der Waals surface area (Å²) in [4.78, 5) is 22.3. The van der Waals surface area contributed by atoms with E-state index in [1.165, 1.54) is 0 Å². The third-order valence-corrected chi connectivity index (χ3v) is 2.98. The average Bonchev–Trinajstić information content (AvgIpc) is 2.18. The summed E-state index contributed by atoms with van der Waals surface area (Å²) in [5.41, 5.74) is -0.355. The van der Waals surface area contributed by atoms with Gasteiger partial charge in [-0.2, -0.15) is 0 Å². The predicted molar refractivity (Wildman–Crippen MR) is 57.3 cm³/mol. The number of carbonyl (C=O) groups is 2. The molecule has 0 saturated carbocycles. The third kappa shape index (κ3) is 2.91.